The van der Waals surface area contributed by atoms with Crippen molar-refractivity contribution in [3.05, 3.63) is 0 Å². The molecule has 0 aromatic rings. The molecule has 20 heavy (non-hydrogen) atoms. The number of rotatable bonds is 5. The summed E-state index contributed by atoms with van der Waals surface area (Å²) in [4.78, 5) is 14.4. The SMILES string of the molecule is CC(NC(=O)CC1COCCN1)C(C)N1CCOCC1. The number of morpholine rings is 2. The Morgan fingerprint density at radius 3 is 2.70 bits per heavy atom. The van der Waals surface area contributed by atoms with Gasteiger partial charge < -0.3 is 20.1 Å². The fourth-order valence-corrected chi connectivity index (χ4v) is 2.71. The summed E-state index contributed by atoms with van der Waals surface area (Å²) in [7, 11) is 0. The van der Waals surface area contributed by atoms with Crippen LogP contribution in [0.1, 0.15) is 20.3 Å². The summed E-state index contributed by atoms with van der Waals surface area (Å²) in [6, 6.07) is 0.623. The Morgan fingerprint density at radius 1 is 1.30 bits per heavy atom. The average molecular weight is 285 g/mol. The van der Waals surface area contributed by atoms with Crippen molar-refractivity contribution in [2.24, 2.45) is 0 Å². The van der Waals surface area contributed by atoms with Gasteiger partial charge >= 0.3 is 0 Å². The summed E-state index contributed by atoms with van der Waals surface area (Å²) < 4.78 is 10.7. The van der Waals surface area contributed by atoms with Crippen molar-refractivity contribution in [3.63, 3.8) is 0 Å². The van der Waals surface area contributed by atoms with Crippen LogP contribution in [-0.2, 0) is 14.3 Å². The number of hydrogen-bond acceptors (Lipinski definition) is 5. The van der Waals surface area contributed by atoms with Crippen LogP contribution in [0.3, 0.4) is 0 Å². The van der Waals surface area contributed by atoms with E-state index in [-0.39, 0.29) is 18.0 Å². The second-order valence-corrected chi connectivity index (χ2v) is 5.68. The Labute approximate surface area is 121 Å². The minimum absolute atomic E-state index is 0.0978. The fraction of sp³-hybridized carbons (Fsp3) is 0.929. The van der Waals surface area contributed by atoms with Gasteiger partial charge in [-0.15, -0.1) is 0 Å². The highest BCUT2D eigenvalue weighted by atomic mass is 16.5. The standard InChI is InChI=1S/C14H27N3O3/c1-11(12(2)17-4-7-19-8-5-17)16-14(18)9-13-10-20-6-3-15-13/h11-13,15H,3-10H2,1-2H3,(H,16,18). The van der Waals surface area contributed by atoms with Crippen molar-refractivity contribution in [1.29, 1.82) is 0 Å². The van der Waals surface area contributed by atoms with Crippen LogP contribution in [0.15, 0.2) is 0 Å². The van der Waals surface area contributed by atoms with Gasteiger partial charge in [0.1, 0.15) is 0 Å². The third-order valence-corrected chi connectivity index (χ3v) is 4.16. The molecule has 0 radical (unpaired) electrons. The summed E-state index contributed by atoms with van der Waals surface area (Å²) in [6.07, 6.45) is 0.486. The predicted octanol–water partition coefficient (Wildman–Crippen LogP) is -0.410. The molecular formula is C14H27N3O3. The van der Waals surface area contributed by atoms with Crippen molar-refractivity contribution < 1.29 is 14.3 Å². The lowest BCUT2D eigenvalue weighted by Crippen LogP contribution is -2.53. The molecule has 2 saturated heterocycles. The Kier molecular flexibility index (Phi) is 6.22. The van der Waals surface area contributed by atoms with E-state index in [2.05, 4.69) is 29.4 Å². The Bertz CT molecular complexity index is 302. The summed E-state index contributed by atoms with van der Waals surface area (Å²) in [5.74, 6) is 0.0978. The number of nitrogens with one attached hydrogen (secondary N) is 2. The smallest absolute Gasteiger partial charge is 0.221 e. The topological polar surface area (TPSA) is 62.8 Å². The van der Waals surface area contributed by atoms with Gasteiger partial charge in [0.2, 0.25) is 5.91 Å². The van der Waals surface area contributed by atoms with E-state index >= 15 is 0 Å². The van der Waals surface area contributed by atoms with Gasteiger partial charge in [-0.2, -0.15) is 0 Å². The first-order valence-electron chi connectivity index (χ1n) is 7.59. The fourth-order valence-electron chi connectivity index (χ4n) is 2.71. The molecule has 6 nitrogen and oxygen atoms in total. The molecule has 0 aliphatic carbocycles. The molecular weight excluding hydrogens is 258 g/mol. The zero-order valence-corrected chi connectivity index (χ0v) is 12.6. The van der Waals surface area contributed by atoms with Gasteiger partial charge in [0.15, 0.2) is 0 Å². The number of carbonyl (C=O) groups excluding carboxylic acids is 1. The first kappa shape index (κ1) is 15.7. The van der Waals surface area contributed by atoms with Gasteiger partial charge in [-0.1, -0.05) is 0 Å². The van der Waals surface area contributed by atoms with E-state index in [1.807, 2.05) is 0 Å². The van der Waals surface area contributed by atoms with Crippen molar-refractivity contribution in [3.8, 4) is 0 Å². The number of ether oxygens (including phenoxy) is 2. The van der Waals surface area contributed by atoms with Gasteiger partial charge in [0, 0.05) is 44.2 Å². The van der Waals surface area contributed by atoms with Crippen LogP contribution in [-0.4, -0.2) is 75.0 Å². The molecule has 116 valence electrons. The van der Waals surface area contributed by atoms with Crippen LogP contribution in [0.25, 0.3) is 0 Å². The minimum atomic E-state index is 0.0978. The van der Waals surface area contributed by atoms with Gasteiger partial charge in [-0.3, -0.25) is 9.69 Å². The molecule has 2 aliphatic heterocycles. The number of nitrogens with zero attached hydrogens (tertiary/aromatic N) is 1. The highest BCUT2D eigenvalue weighted by Crippen LogP contribution is 2.08. The lowest BCUT2D eigenvalue weighted by atomic mass is 10.1. The molecule has 2 N–H and O–H groups in total. The van der Waals surface area contributed by atoms with Crippen LogP contribution in [0.2, 0.25) is 0 Å². The molecule has 2 fully saturated rings. The van der Waals surface area contributed by atoms with Crippen LogP contribution in [0.5, 0.6) is 0 Å². The van der Waals surface area contributed by atoms with E-state index in [0.29, 0.717) is 19.1 Å². The van der Waals surface area contributed by atoms with Crippen LogP contribution >= 0.6 is 0 Å². The Balaban J connectivity index is 1.71. The lowest BCUT2D eigenvalue weighted by molar-refractivity contribution is -0.123. The predicted molar refractivity (Wildman–Crippen MR) is 76.7 cm³/mol. The van der Waals surface area contributed by atoms with Gasteiger partial charge in [0.25, 0.3) is 0 Å². The Morgan fingerprint density at radius 2 is 2.05 bits per heavy atom. The molecule has 0 saturated carbocycles. The number of amides is 1. The van der Waals surface area contributed by atoms with Crippen molar-refractivity contribution in [1.82, 2.24) is 15.5 Å². The molecule has 0 aromatic carbocycles. The van der Waals surface area contributed by atoms with Crippen LogP contribution in [0.4, 0.5) is 0 Å². The van der Waals surface area contributed by atoms with E-state index in [9.17, 15) is 4.79 Å². The first-order valence-corrected chi connectivity index (χ1v) is 7.59. The lowest BCUT2D eigenvalue weighted by Gasteiger charge is -2.36. The molecule has 3 atom stereocenters. The van der Waals surface area contributed by atoms with E-state index in [1.165, 1.54) is 0 Å². The molecule has 2 aliphatic rings. The quantitative estimate of drug-likeness (QED) is 0.719. The zero-order chi connectivity index (χ0) is 14.4. The normalized spacial score (nSPS) is 27.8. The van der Waals surface area contributed by atoms with Gasteiger partial charge in [-0.05, 0) is 13.8 Å². The molecule has 0 spiro atoms. The molecule has 6 heteroatoms. The van der Waals surface area contributed by atoms with E-state index in [1.54, 1.807) is 0 Å². The minimum Gasteiger partial charge on any atom is -0.379 e. The van der Waals surface area contributed by atoms with Crippen molar-refractivity contribution in [2.45, 2.75) is 38.4 Å². The maximum absolute atomic E-state index is 12.1. The maximum Gasteiger partial charge on any atom is 0.221 e. The second kappa shape index (κ2) is 7.93. The molecule has 3 unspecified atom stereocenters. The van der Waals surface area contributed by atoms with Gasteiger partial charge in [0.05, 0.1) is 26.4 Å². The van der Waals surface area contributed by atoms with Crippen LogP contribution < -0.4 is 10.6 Å². The number of carbonyl (C=O) groups is 1. The van der Waals surface area contributed by atoms with Gasteiger partial charge in [-0.25, -0.2) is 0 Å². The average Bonchev–Trinajstić information content (AvgIpc) is 2.48. The molecule has 1 amide bonds. The first-order chi connectivity index (χ1) is 9.66. The molecule has 2 rings (SSSR count). The molecule has 0 bridgehead atoms. The molecule has 0 aromatic heterocycles. The van der Waals surface area contributed by atoms with E-state index in [4.69, 9.17) is 9.47 Å². The second-order valence-electron chi connectivity index (χ2n) is 5.68. The third kappa shape index (κ3) is 4.70. The van der Waals surface area contributed by atoms with E-state index < -0.39 is 0 Å². The third-order valence-electron chi connectivity index (χ3n) is 4.16. The maximum atomic E-state index is 12.1. The van der Waals surface area contributed by atoms with E-state index in [0.717, 1.165) is 39.5 Å². The molecule has 2 heterocycles. The largest absolute Gasteiger partial charge is 0.379 e. The summed E-state index contributed by atoms with van der Waals surface area (Å²) in [5, 5.41) is 6.41. The summed E-state index contributed by atoms with van der Waals surface area (Å²) in [5.41, 5.74) is 0. The zero-order valence-electron chi connectivity index (χ0n) is 12.6. The van der Waals surface area contributed by atoms with Crippen molar-refractivity contribution in [2.75, 3.05) is 46.1 Å². The van der Waals surface area contributed by atoms with Crippen molar-refractivity contribution >= 4 is 5.91 Å². The highest BCUT2D eigenvalue weighted by molar-refractivity contribution is 5.77. The number of hydrogen-bond donors (Lipinski definition) is 2. The van der Waals surface area contributed by atoms with Crippen LogP contribution in [0, 0.1) is 0 Å². The summed E-state index contributed by atoms with van der Waals surface area (Å²) in [6.45, 7) is 9.89. The summed E-state index contributed by atoms with van der Waals surface area (Å²) >= 11 is 0. The monoisotopic (exact) mass is 285 g/mol. The Hall–Kier alpha value is -0.690. The highest BCUT2D eigenvalue weighted by Gasteiger charge is 2.24.